The monoisotopic (exact) mass is 474 g/mol. The highest BCUT2D eigenvalue weighted by atomic mass is 28.4. The van der Waals surface area contributed by atoms with Gasteiger partial charge in [0.2, 0.25) is 5.75 Å². The fourth-order valence-electron chi connectivity index (χ4n) is 3.21. The van der Waals surface area contributed by atoms with Gasteiger partial charge in [0.15, 0.2) is 19.8 Å². The van der Waals surface area contributed by atoms with Crippen LogP contribution in [0, 0.1) is 0 Å². The zero-order valence-electron chi connectivity index (χ0n) is 21.2. The van der Waals surface area contributed by atoms with Crippen molar-refractivity contribution in [3.05, 3.63) is 47.8 Å². The molecule has 0 fully saturated rings. The second-order valence-corrected chi connectivity index (χ2v) is 14.3. The normalized spacial score (nSPS) is 12.7. The van der Waals surface area contributed by atoms with Gasteiger partial charge >= 0.3 is 0 Å². The molecule has 0 aliphatic heterocycles. The molecule has 1 amide bonds. The lowest BCUT2D eigenvalue weighted by molar-refractivity contribution is 0.0948. The van der Waals surface area contributed by atoms with Crippen molar-refractivity contribution < 1.29 is 23.4 Å². The van der Waals surface area contributed by atoms with Crippen LogP contribution in [0.15, 0.2) is 36.7 Å². The van der Waals surface area contributed by atoms with E-state index in [2.05, 4.69) is 44.2 Å². The molecule has 8 heteroatoms. The molecule has 1 aromatic heterocycles. The summed E-state index contributed by atoms with van der Waals surface area (Å²) in [6.45, 7) is 12.3. The Balaban J connectivity index is 2.14. The minimum absolute atomic E-state index is 0.0782. The maximum Gasteiger partial charge on any atom is 0.251 e. The second kappa shape index (κ2) is 11.5. The van der Waals surface area contributed by atoms with Crippen molar-refractivity contribution in [3.63, 3.8) is 0 Å². The average Bonchev–Trinajstić information content (AvgIpc) is 2.79. The second-order valence-electron chi connectivity index (χ2n) is 9.50. The fraction of sp³-hybridized carbons (Fsp3) is 0.520. The quantitative estimate of drug-likeness (QED) is 0.460. The van der Waals surface area contributed by atoms with Crippen molar-refractivity contribution in [3.8, 4) is 17.2 Å². The molecular weight excluding hydrogens is 436 g/mol. The molecule has 0 aliphatic carbocycles. The first kappa shape index (κ1) is 26.7. The van der Waals surface area contributed by atoms with Crippen LogP contribution < -0.4 is 19.5 Å². The van der Waals surface area contributed by atoms with E-state index in [1.54, 1.807) is 18.3 Å². The van der Waals surface area contributed by atoms with Crippen LogP contribution in [0.3, 0.4) is 0 Å². The molecule has 1 atom stereocenters. The summed E-state index contributed by atoms with van der Waals surface area (Å²) in [6.07, 6.45) is 4.39. The summed E-state index contributed by atoms with van der Waals surface area (Å²) in [5.74, 6) is 1.19. The van der Waals surface area contributed by atoms with Crippen LogP contribution in [0.2, 0.25) is 18.1 Å². The van der Waals surface area contributed by atoms with Crippen molar-refractivity contribution in [2.24, 2.45) is 0 Å². The SMILES string of the molecule is COc1cc(C(=O)NCC(CCO[Si](C)(C)C(C)(C)C)c2cccnc2)cc(OC)c1OC. The van der Waals surface area contributed by atoms with Gasteiger partial charge < -0.3 is 24.0 Å². The van der Waals surface area contributed by atoms with E-state index >= 15 is 0 Å². The van der Waals surface area contributed by atoms with Crippen molar-refractivity contribution >= 4 is 14.2 Å². The Bertz CT molecular complexity index is 888. The molecule has 0 bridgehead atoms. The van der Waals surface area contributed by atoms with Crippen molar-refractivity contribution in [1.29, 1.82) is 0 Å². The minimum atomic E-state index is -1.84. The largest absolute Gasteiger partial charge is 0.493 e. The van der Waals surface area contributed by atoms with Gasteiger partial charge in [0.1, 0.15) is 0 Å². The zero-order chi connectivity index (χ0) is 24.6. The highest BCUT2D eigenvalue weighted by Gasteiger charge is 2.37. The predicted octanol–water partition coefficient (Wildman–Crippen LogP) is 5.03. The number of nitrogens with zero attached hydrogens (tertiary/aromatic N) is 1. The molecule has 1 aromatic carbocycles. The summed E-state index contributed by atoms with van der Waals surface area (Å²) in [6, 6.07) is 7.25. The van der Waals surface area contributed by atoms with Gasteiger partial charge in [-0.15, -0.1) is 0 Å². The Labute approximate surface area is 198 Å². The number of amides is 1. The maximum atomic E-state index is 13.0. The maximum absolute atomic E-state index is 13.0. The molecule has 1 unspecified atom stereocenters. The molecule has 0 aliphatic rings. The Morgan fingerprint density at radius 3 is 2.21 bits per heavy atom. The standard InChI is InChI=1S/C25H38N2O5Si/c1-25(2,3)33(7,8)32-13-11-19(18-10-9-12-26-16-18)17-27-24(28)20-14-21(29-4)23(31-6)22(15-20)30-5/h9-10,12,14-16,19H,11,13,17H2,1-8H3,(H,27,28). The van der Waals surface area contributed by atoms with E-state index in [0.717, 1.165) is 12.0 Å². The highest BCUT2D eigenvalue weighted by Crippen LogP contribution is 2.38. The van der Waals surface area contributed by atoms with E-state index in [0.29, 0.717) is 36.0 Å². The Hall–Kier alpha value is -2.58. The number of aromatic nitrogens is 1. The van der Waals surface area contributed by atoms with E-state index in [-0.39, 0.29) is 16.9 Å². The topological polar surface area (TPSA) is 78.9 Å². The Kier molecular flexibility index (Phi) is 9.31. The van der Waals surface area contributed by atoms with Crippen molar-refractivity contribution in [2.75, 3.05) is 34.5 Å². The molecule has 33 heavy (non-hydrogen) atoms. The van der Waals surface area contributed by atoms with Crippen LogP contribution in [-0.2, 0) is 4.43 Å². The lowest BCUT2D eigenvalue weighted by Crippen LogP contribution is -2.41. The molecule has 1 N–H and O–H groups in total. The molecule has 0 spiro atoms. The summed E-state index contributed by atoms with van der Waals surface area (Å²) in [5.41, 5.74) is 1.51. The van der Waals surface area contributed by atoms with Crippen molar-refractivity contribution in [2.45, 2.75) is 51.2 Å². The molecular formula is C25H38N2O5Si. The number of benzene rings is 1. The summed E-state index contributed by atoms with van der Waals surface area (Å²) < 4.78 is 22.5. The first-order valence-electron chi connectivity index (χ1n) is 11.2. The first-order chi connectivity index (χ1) is 15.5. The van der Waals surface area contributed by atoms with Crippen LogP contribution in [0.25, 0.3) is 0 Å². The number of methoxy groups -OCH3 is 3. The summed E-state index contributed by atoms with van der Waals surface area (Å²) in [5, 5.41) is 3.20. The third-order valence-corrected chi connectivity index (χ3v) is 10.9. The van der Waals surface area contributed by atoms with Crippen molar-refractivity contribution in [1.82, 2.24) is 10.3 Å². The van der Waals surface area contributed by atoms with E-state index < -0.39 is 8.32 Å². The number of nitrogens with one attached hydrogen (secondary N) is 1. The van der Waals surface area contributed by atoms with Gasteiger partial charge in [-0.1, -0.05) is 26.8 Å². The minimum Gasteiger partial charge on any atom is -0.493 e. The van der Waals surface area contributed by atoms with Gasteiger partial charge in [0.25, 0.3) is 5.91 Å². The smallest absolute Gasteiger partial charge is 0.251 e. The average molecular weight is 475 g/mol. The first-order valence-corrected chi connectivity index (χ1v) is 14.1. The van der Waals surface area contributed by atoms with E-state index in [1.165, 1.54) is 21.3 Å². The number of carbonyl (C=O) groups excluding carboxylic acids is 1. The summed E-state index contributed by atoms with van der Waals surface area (Å²) in [7, 11) is 2.74. The Morgan fingerprint density at radius 2 is 1.73 bits per heavy atom. The van der Waals surface area contributed by atoms with E-state index in [9.17, 15) is 4.79 Å². The van der Waals surface area contributed by atoms with Crippen LogP contribution in [0.5, 0.6) is 17.2 Å². The van der Waals surface area contributed by atoms with Gasteiger partial charge in [-0.05, 0) is 48.3 Å². The summed E-state index contributed by atoms with van der Waals surface area (Å²) >= 11 is 0. The number of hydrogen-bond donors (Lipinski definition) is 1. The highest BCUT2D eigenvalue weighted by molar-refractivity contribution is 6.74. The third kappa shape index (κ3) is 6.95. The molecule has 182 valence electrons. The molecule has 2 rings (SSSR count). The van der Waals surface area contributed by atoms with Gasteiger partial charge in [0.05, 0.1) is 21.3 Å². The number of carbonyl (C=O) groups is 1. The zero-order valence-corrected chi connectivity index (χ0v) is 22.2. The Morgan fingerprint density at radius 1 is 1.09 bits per heavy atom. The number of hydrogen-bond acceptors (Lipinski definition) is 6. The van der Waals surface area contributed by atoms with Gasteiger partial charge in [-0.25, -0.2) is 0 Å². The van der Waals surface area contributed by atoms with Crippen LogP contribution >= 0.6 is 0 Å². The van der Waals surface area contributed by atoms with Crippen LogP contribution in [-0.4, -0.2) is 53.7 Å². The lowest BCUT2D eigenvalue weighted by atomic mass is 9.97. The molecule has 1 heterocycles. The number of ether oxygens (including phenoxy) is 3. The lowest BCUT2D eigenvalue weighted by Gasteiger charge is -2.36. The molecule has 2 aromatic rings. The molecule has 0 saturated heterocycles. The summed E-state index contributed by atoms with van der Waals surface area (Å²) in [4.78, 5) is 17.2. The third-order valence-electron chi connectivity index (χ3n) is 6.33. The van der Waals surface area contributed by atoms with Crippen LogP contribution in [0.4, 0.5) is 0 Å². The number of pyridine rings is 1. The molecule has 0 saturated carbocycles. The van der Waals surface area contributed by atoms with Gasteiger partial charge in [0, 0.05) is 37.0 Å². The van der Waals surface area contributed by atoms with E-state index in [1.807, 2.05) is 18.3 Å². The van der Waals surface area contributed by atoms with E-state index in [4.69, 9.17) is 18.6 Å². The van der Waals surface area contributed by atoms with Gasteiger partial charge in [-0.2, -0.15) is 0 Å². The van der Waals surface area contributed by atoms with Crippen LogP contribution in [0.1, 0.15) is 49.0 Å². The number of rotatable bonds is 11. The fourth-order valence-corrected chi connectivity index (χ4v) is 4.27. The molecule has 0 radical (unpaired) electrons. The van der Waals surface area contributed by atoms with Gasteiger partial charge in [-0.3, -0.25) is 9.78 Å². The molecule has 7 nitrogen and oxygen atoms in total. The predicted molar refractivity (Wildman–Crippen MR) is 133 cm³/mol.